The van der Waals surface area contributed by atoms with Crippen molar-refractivity contribution in [2.45, 2.75) is 13.5 Å². The van der Waals surface area contributed by atoms with Crippen LogP contribution in [-0.4, -0.2) is 33.4 Å². The molecule has 0 bridgehead atoms. The standard InChI is InChI=1S/C26H21N3O6S/c1-17-4-2-3-5-22(17)27-24(30)15-28-25(31)23(36-26(28)32)14-18-8-12-21(13-9-18)35-16-19-6-10-20(11-7-19)29(33)34/h2-14H,15-16H2,1H3,(H,27,30)/b23-14+. The van der Waals surface area contributed by atoms with Crippen molar-refractivity contribution in [3.8, 4) is 5.75 Å². The molecular weight excluding hydrogens is 482 g/mol. The van der Waals surface area contributed by atoms with Gasteiger partial charge < -0.3 is 10.1 Å². The van der Waals surface area contributed by atoms with Crippen LogP contribution in [0.5, 0.6) is 5.75 Å². The maximum Gasteiger partial charge on any atom is 0.294 e. The summed E-state index contributed by atoms with van der Waals surface area (Å²) in [5, 5.41) is 13.0. The molecule has 9 nitrogen and oxygen atoms in total. The molecule has 0 aromatic heterocycles. The zero-order chi connectivity index (χ0) is 25.7. The van der Waals surface area contributed by atoms with Crippen molar-refractivity contribution < 1.29 is 24.0 Å². The number of rotatable bonds is 8. The molecule has 0 saturated carbocycles. The number of hydrogen-bond acceptors (Lipinski definition) is 7. The van der Waals surface area contributed by atoms with E-state index in [1.807, 2.05) is 19.1 Å². The van der Waals surface area contributed by atoms with Crippen molar-refractivity contribution in [1.29, 1.82) is 0 Å². The van der Waals surface area contributed by atoms with Crippen LogP contribution < -0.4 is 10.1 Å². The Labute approximate surface area is 210 Å². The number of imide groups is 1. The molecule has 36 heavy (non-hydrogen) atoms. The number of benzene rings is 3. The number of ether oxygens (including phenoxy) is 1. The molecule has 4 rings (SSSR count). The number of aryl methyl sites for hydroxylation is 1. The average Bonchev–Trinajstić information content (AvgIpc) is 3.12. The average molecular weight is 504 g/mol. The summed E-state index contributed by atoms with van der Waals surface area (Å²) in [6.45, 7) is 1.72. The van der Waals surface area contributed by atoms with Crippen molar-refractivity contribution in [3.63, 3.8) is 0 Å². The van der Waals surface area contributed by atoms with Crippen LogP contribution in [0.1, 0.15) is 16.7 Å². The fraction of sp³-hybridized carbons (Fsp3) is 0.115. The Morgan fingerprint density at radius 3 is 2.42 bits per heavy atom. The lowest BCUT2D eigenvalue weighted by molar-refractivity contribution is -0.384. The minimum Gasteiger partial charge on any atom is -0.489 e. The Kier molecular flexibility index (Phi) is 7.45. The minimum atomic E-state index is -0.525. The van der Waals surface area contributed by atoms with E-state index in [2.05, 4.69) is 5.32 Å². The van der Waals surface area contributed by atoms with Crippen LogP contribution in [-0.2, 0) is 16.2 Å². The molecule has 182 valence electrons. The third kappa shape index (κ3) is 5.97. The van der Waals surface area contributed by atoms with E-state index in [1.165, 1.54) is 12.1 Å². The molecule has 1 aliphatic heterocycles. The summed E-state index contributed by atoms with van der Waals surface area (Å²) in [6.07, 6.45) is 1.59. The van der Waals surface area contributed by atoms with Crippen molar-refractivity contribution in [3.05, 3.63) is 105 Å². The van der Waals surface area contributed by atoms with Gasteiger partial charge in [-0.3, -0.25) is 29.4 Å². The first kappa shape index (κ1) is 24.7. The lowest BCUT2D eigenvalue weighted by Crippen LogP contribution is -2.36. The number of amides is 3. The van der Waals surface area contributed by atoms with Gasteiger partial charge in [0.15, 0.2) is 0 Å². The zero-order valence-electron chi connectivity index (χ0n) is 19.2. The van der Waals surface area contributed by atoms with E-state index in [0.717, 1.165) is 27.8 Å². The minimum absolute atomic E-state index is 0.0134. The van der Waals surface area contributed by atoms with Gasteiger partial charge in [0.05, 0.1) is 9.83 Å². The molecule has 0 atom stereocenters. The number of nitro benzene ring substituents is 1. The Hall–Kier alpha value is -4.44. The van der Waals surface area contributed by atoms with Gasteiger partial charge in [0.2, 0.25) is 5.91 Å². The van der Waals surface area contributed by atoms with Crippen LogP contribution in [0.15, 0.2) is 77.7 Å². The number of thioether (sulfide) groups is 1. The highest BCUT2D eigenvalue weighted by molar-refractivity contribution is 8.18. The number of nitrogens with one attached hydrogen (secondary N) is 1. The molecule has 3 aromatic rings. The van der Waals surface area contributed by atoms with Crippen LogP contribution >= 0.6 is 11.8 Å². The summed E-state index contributed by atoms with van der Waals surface area (Å²) in [4.78, 5) is 48.9. The second-order valence-corrected chi connectivity index (χ2v) is 8.91. The first-order valence-corrected chi connectivity index (χ1v) is 11.7. The smallest absolute Gasteiger partial charge is 0.294 e. The second kappa shape index (κ2) is 10.9. The van der Waals surface area contributed by atoms with E-state index < -0.39 is 22.0 Å². The number of hydrogen-bond donors (Lipinski definition) is 1. The first-order chi connectivity index (χ1) is 17.3. The molecule has 0 aliphatic carbocycles. The van der Waals surface area contributed by atoms with Crippen molar-refractivity contribution in [2.75, 3.05) is 11.9 Å². The first-order valence-electron chi connectivity index (χ1n) is 10.9. The number of non-ortho nitro benzene ring substituents is 1. The maximum absolute atomic E-state index is 12.7. The topological polar surface area (TPSA) is 119 Å². The fourth-order valence-electron chi connectivity index (χ4n) is 3.37. The molecule has 0 radical (unpaired) electrons. The molecule has 10 heteroatoms. The van der Waals surface area contributed by atoms with Gasteiger partial charge in [0.25, 0.3) is 16.8 Å². The Morgan fingerprint density at radius 1 is 1.06 bits per heavy atom. The molecule has 3 amide bonds. The fourth-order valence-corrected chi connectivity index (χ4v) is 4.21. The predicted molar refractivity (Wildman–Crippen MR) is 136 cm³/mol. The molecule has 1 heterocycles. The monoisotopic (exact) mass is 503 g/mol. The third-order valence-corrected chi connectivity index (χ3v) is 6.23. The third-order valence-electron chi connectivity index (χ3n) is 5.32. The molecule has 1 fully saturated rings. The summed E-state index contributed by atoms with van der Waals surface area (Å²) in [5.74, 6) is -0.405. The van der Waals surface area contributed by atoms with Gasteiger partial charge >= 0.3 is 0 Å². The Balaban J connectivity index is 1.34. The van der Waals surface area contributed by atoms with Gasteiger partial charge in [-0.1, -0.05) is 30.3 Å². The van der Waals surface area contributed by atoms with Gasteiger partial charge in [-0.2, -0.15) is 0 Å². The number of carbonyl (C=O) groups excluding carboxylic acids is 3. The normalized spacial score (nSPS) is 14.2. The molecule has 1 aliphatic rings. The van der Waals surface area contributed by atoms with Crippen molar-refractivity contribution in [2.24, 2.45) is 0 Å². The molecule has 1 saturated heterocycles. The van der Waals surface area contributed by atoms with Gasteiger partial charge in [-0.05, 0) is 71.8 Å². The van der Waals surface area contributed by atoms with Crippen LogP contribution in [0.2, 0.25) is 0 Å². The molecule has 1 N–H and O–H groups in total. The molecule has 0 spiro atoms. The number of carbonyl (C=O) groups is 3. The zero-order valence-corrected chi connectivity index (χ0v) is 20.0. The summed E-state index contributed by atoms with van der Waals surface area (Å²) >= 11 is 0.782. The van der Waals surface area contributed by atoms with Crippen LogP contribution in [0.25, 0.3) is 6.08 Å². The van der Waals surface area contributed by atoms with E-state index in [-0.39, 0.29) is 23.7 Å². The number of nitrogens with zero attached hydrogens (tertiary/aromatic N) is 2. The number of para-hydroxylation sites is 1. The highest BCUT2D eigenvalue weighted by Gasteiger charge is 2.36. The lowest BCUT2D eigenvalue weighted by atomic mass is 10.2. The number of nitro groups is 1. The predicted octanol–water partition coefficient (Wildman–Crippen LogP) is 5.16. The summed E-state index contributed by atoms with van der Waals surface area (Å²) in [7, 11) is 0. The molecular formula is C26H21N3O6S. The highest BCUT2D eigenvalue weighted by Crippen LogP contribution is 2.32. The van der Waals surface area contributed by atoms with Crippen LogP contribution in [0, 0.1) is 17.0 Å². The van der Waals surface area contributed by atoms with E-state index >= 15 is 0 Å². The Morgan fingerprint density at radius 2 is 1.75 bits per heavy atom. The quantitative estimate of drug-likeness (QED) is 0.256. The van der Waals surface area contributed by atoms with E-state index in [1.54, 1.807) is 54.6 Å². The maximum atomic E-state index is 12.7. The van der Waals surface area contributed by atoms with Gasteiger partial charge in [-0.15, -0.1) is 0 Å². The van der Waals surface area contributed by atoms with Gasteiger partial charge in [0, 0.05) is 17.8 Å². The van der Waals surface area contributed by atoms with E-state index in [9.17, 15) is 24.5 Å². The summed E-state index contributed by atoms with van der Waals surface area (Å²) < 4.78 is 5.70. The van der Waals surface area contributed by atoms with E-state index in [0.29, 0.717) is 17.0 Å². The lowest BCUT2D eigenvalue weighted by Gasteiger charge is -2.13. The number of anilines is 1. The molecule has 0 unspecified atom stereocenters. The summed E-state index contributed by atoms with van der Waals surface area (Å²) in [5.41, 5.74) is 2.98. The van der Waals surface area contributed by atoms with Crippen molar-refractivity contribution in [1.82, 2.24) is 4.90 Å². The molecule has 3 aromatic carbocycles. The highest BCUT2D eigenvalue weighted by atomic mass is 32.2. The largest absolute Gasteiger partial charge is 0.489 e. The second-order valence-electron chi connectivity index (χ2n) is 7.91. The Bertz CT molecular complexity index is 1350. The summed E-state index contributed by atoms with van der Waals surface area (Å²) in [6, 6.07) is 20.3. The van der Waals surface area contributed by atoms with Crippen molar-refractivity contribution >= 4 is 46.3 Å². The van der Waals surface area contributed by atoms with Gasteiger partial charge in [0.1, 0.15) is 18.9 Å². The van der Waals surface area contributed by atoms with E-state index in [4.69, 9.17) is 4.74 Å². The van der Waals surface area contributed by atoms with Crippen LogP contribution in [0.3, 0.4) is 0 Å². The SMILES string of the molecule is Cc1ccccc1NC(=O)CN1C(=O)S/C(=C/c2ccc(OCc3ccc([N+](=O)[O-])cc3)cc2)C1=O. The van der Waals surface area contributed by atoms with Gasteiger partial charge in [-0.25, -0.2) is 0 Å². The van der Waals surface area contributed by atoms with Crippen LogP contribution in [0.4, 0.5) is 16.2 Å².